The van der Waals surface area contributed by atoms with Crippen LogP contribution in [0.15, 0.2) is 76.7 Å². The van der Waals surface area contributed by atoms with Crippen molar-refractivity contribution in [1.29, 1.82) is 0 Å². The molecule has 0 unspecified atom stereocenters. The molecule has 0 saturated heterocycles. The first-order valence-electron chi connectivity index (χ1n) is 12.1. The Morgan fingerprint density at radius 3 is 2.19 bits per heavy atom. The summed E-state index contributed by atoms with van der Waals surface area (Å²) in [5.74, 6) is 0.640. The second-order valence-electron chi connectivity index (χ2n) is 8.44. The van der Waals surface area contributed by atoms with Crippen molar-refractivity contribution >= 4 is 27.8 Å². The van der Waals surface area contributed by atoms with E-state index in [0.29, 0.717) is 36.0 Å². The summed E-state index contributed by atoms with van der Waals surface area (Å²) < 4.78 is 39.3. The molecule has 37 heavy (non-hydrogen) atoms. The molecule has 1 N–H and O–H groups in total. The van der Waals surface area contributed by atoms with Crippen LogP contribution in [0.1, 0.15) is 37.0 Å². The molecule has 0 aliphatic carbocycles. The second kappa shape index (κ2) is 12.9. The van der Waals surface area contributed by atoms with E-state index in [-0.39, 0.29) is 4.90 Å². The summed E-state index contributed by atoms with van der Waals surface area (Å²) in [4.78, 5) is 12.9. The predicted molar refractivity (Wildman–Crippen MR) is 146 cm³/mol. The van der Waals surface area contributed by atoms with E-state index in [1.54, 1.807) is 54.6 Å². The number of hydrazone groups is 1. The fraction of sp³-hybridized carbons (Fsp3) is 0.286. The van der Waals surface area contributed by atoms with E-state index in [0.717, 1.165) is 21.9 Å². The summed E-state index contributed by atoms with van der Waals surface area (Å²) in [6.07, 6.45) is 2.34. The molecular weight excluding hydrogens is 490 g/mol. The van der Waals surface area contributed by atoms with Gasteiger partial charge in [0.1, 0.15) is 6.54 Å². The number of carbonyl (C=O) groups excluding carboxylic acids is 1. The zero-order chi connectivity index (χ0) is 26.8. The number of nitrogens with one attached hydrogen (secondary N) is 1. The number of nitrogens with zero attached hydrogens (tertiary/aromatic N) is 2. The van der Waals surface area contributed by atoms with Crippen molar-refractivity contribution in [3.8, 4) is 11.5 Å². The molecule has 196 valence electrons. The number of ether oxygens (including phenoxy) is 2. The van der Waals surface area contributed by atoms with Crippen molar-refractivity contribution in [3.05, 3.63) is 83.4 Å². The summed E-state index contributed by atoms with van der Waals surface area (Å²) in [5, 5.41) is 4.02. The Labute approximate surface area is 219 Å². The summed E-state index contributed by atoms with van der Waals surface area (Å²) in [6, 6.07) is 18.8. The maximum atomic E-state index is 13.4. The summed E-state index contributed by atoms with van der Waals surface area (Å²) >= 11 is 0. The number of hydrogen-bond acceptors (Lipinski definition) is 6. The molecule has 3 rings (SSSR count). The third-order valence-electron chi connectivity index (χ3n) is 5.35. The Morgan fingerprint density at radius 2 is 1.57 bits per heavy atom. The number of benzene rings is 3. The van der Waals surface area contributed by atoms with Gasteiger partial charge in [-0.25, -0.2) is 13.8 Å². The lowest BCUT2D eigenvalue weighted by Gasteiger charge is -2.24. The van der Waals surface area contributed by atoms with Gasteiger partial charge in [-0.2, -0.15) is 5.10 Å². The Morgan fingerprint density at radius 1 is 0.919 bits per heavy atom. The Balaban J connectivity index is 1.78. The van der Waals surface area contributed by atoms with Gasteiger partial charge in [0, 0.05) is 0 Å². The minimum atomic E-state index is -3.99. The molecule has 0 atom stereocenters. The number of amides is 1. The van der Waals surface area contributed by atoms with Gasteiger partial charge < -0.3 is 9.47 Å². The highest BCUT2D eigenvalue weighted by atomic mass is 32.2. The molecule has 3 aromatic rings. The number of anilines is 1. The number of hydrogen-bond donors (Lipinski definition) is 1. The van der Waals surface area contributed by atoms with Crippen LogP contribution in [0, 0.1) is 13.8 Å². The molecule has 3 aromatic carbocycles. The van der Waals surface area contributed by atoms with Gasteiger partial charge in [-0.1, -0.05) is 42.3 Å². The van der Waals surface area contributed by atoms with Gasteiger partial charge in [0.15, 0.2) is 11.5 Å². The van der Waals surface area contributed by atoms with E-state index in [1.807, 2.05) is 27.7 Å². The van der Waals surface area contributed by atoms with Crippen LogP contribution in [-0.2, 0) is 14.8 Å². The van der Waals surface area contributed by atoms with Crippen LogP contribution >= 0.6 is 0 Å². The van der Waals surface area contributed by atoms with Crippen LogP contribution in [0.5, 0.6) is 11.5 Å². The fourth-order valence-corrected chi connectivity index (χ4v) is 4.83. The molecule has 0 heterocycles. The number of sulfonamides is 1. The SMILES string of the molecule is CCCOc1ccc(/C=N/NC(=O)CN(c2ccc(C)cc2)S(=O)(=O)c2ccc(C)cc2)cc1OCC. The molecule has 0 spiro atoms. The average molecular weight is 524 g/mol. The van der Waals surface area contributed by atoms with Crippen molar-refractivity contribution in [2.75, 3.05) is 24.1 Å². The van der Waals surface area contributed by atoms with Crippen molar-refractivity contribution in [2.24, 2.45) is 5.10 Å². The van der Waals surface area contributed by atoms with Crippen molar-refractivity contribution in [2.45, 2.75) is 39.0 Å². The molecular formula is C28H33N3O5S. The smallest absolute Gasteiger partial charge is 0.264 e. The summed E-state index contributed by atoms with van der Waals surface area (Å²) in [6.45, 7) is 8.30. The monoisotopic (exact) mass is 523 g/mol. The van der Waals surface area contributed by atoms with Crippen LogP contribution in [0.25, 0.3) is 0 Å². The molecule has 0 aromatic heterocycles. The van der Waals surface area contributed by atoms with E-state index in [4.69, 9.17) is 9.47 Å². The second-order valence-corrected chi connectivity index (χ2v) is 10.3. The van der Waals surface area contributed by atoms with Crippen LogP contribution in [0.2, 0.25) is 0 Å². The van der Waals surface area contributed by atoms with Crippen molar-refractivity contribution in [1.82, 2.24) is 5.43 Å². The van der Waals surface area contributed by atoms with E-state index >= 15 is 0 Å². The molecule has 0 saturated carbocycles. The van der Waals surface area contributed by atoms with Gasteiger partial charge in [-0.3, -0.25) is 9.10 Å². The summed E-state index contributed by atoms with van der Waals surface area (Å²) in [7, 11) is -3.99. The van der Waals surface area contributed by atoms with E-state index in [1.165, 1.54) is 18.3 Å². The quantitative estimate of drug-likeness (QED) is 0.271. The molecule has 0 fully saturated rings. The van der Waals surface area contributed by atoms with Gasteiger partial charge in [0.25, 0.3) is 15.9 Å². The minimum absolute atomic E-state index is 0.101. The normalized spacial score (nSPS) is 11.4. The van der Waals surface area contributed by atoms with Gasteiger partial charge in [0.05, 0.1) is 30.0 Å². The lowest BCUT2D eigenvalue weighted by molar-refractivity contribution is -0.119. The van der Waals surface area contributed by atoms with Crippen LogP contribution in [0.4, 0.5) is 5.69 Å². The van der Waals surface area contributed by atoms with Crippen molar-refractivity contribution < 1.29 is 22.7 Å². The lowest BCUT2D eigenvalue weighted by Crippen LogP contribution is -2.39. The van der Waals surface area contributed by atoms with E-state index < -0.39 is 22.5 Å². The van der Waals surface area contributed by atoms with Crippen LogP contribution in [-0.4, -0.2) is 40.3 Å². The fourth-order valence-electron chi connectivity index (χ4n) is 3.41. The van der Waals surface area contributed by atoms with Gasteiger partial charge in [0.2, 0.25) is 0 Å². The maximum absolute atomic E-state index is 13.4. The van der Waals surface area contributed by atoms with E-state index in [2.05, 4.69) is 10.5 Å². The molecule has 8 nitrogen and oxygen atoms in total. The lowest BCUT2D eigenvalue weighted by atomic mass is 10.2. The Hall–Kier alpha value is -3.85. The zero-order valence-corrected chi connectivity index (χ0v) is 22.4. The molecule has 0 aliphatic heterocycles. The minimum Gasteiger partial charge on any atom is -0.490 e. The molecule has 1 amide bonds. The Bertz CT molecular complexity index is 1320. The van der Waals surface area contributed by atoms with Crippen LogP contribution in [0.3, 0.4) is 0 Å². The third kappa shape index (κ3) is 7.57. The van der Waals surface area contributed by atoms with Gasteiger partial charge >= 0.3 is 0 Å². The maximum Gasteiger partial charge on any atom is 0.264 e. The first kappa shape index (κ1) is 27.7. The van der Waals surface area contributed by atoms with Gasteiger partial charge in [-0.15, -0.1) is 0 Å². The molecule has 0 radical (unpaired) electrons. The largest absolute Gasteiger partial charge is 0.490 e. The predicted octanol–water partition coefficient (Wildman–Crippen LogP) is 4.84. The molecule has 9 heteroatoms. The highest BCUT2D eigenvalue weighted by Crippen LogP contribution is 2.28. The van der Waals surface area contributed by atoms with Crippen molar-refractivity contribution in [3.63, 3.8) is 0 Å². The van der Waals surface area contributed by atoms with Gasteiger partial charge in [-0.05, 0) is 75.2 Å². The standard InChI is InChI=1S/C28H33N3O5S/c1-5-17-36-26-16-11-23(18-27(26)35-6-2)19-29-30-28(32)20-31(24-12-7-21(3)8-13-24)37(33,34)25-14-9-22(4)10-15-25/h7-16,18-19H,5-6,17,20H2,1-4H3,(H,30,32)/b29-19+. The zero-order valence-electron chi connectivity index (χ0n) is 21.6. The van der Waals surface area contributed by atoms with E-state index in [9.17, 15) is 13.2 Å². The van der Waals surface area contributed by atoms with Crippen LogP contribution < -0.4 is 19.2 Å². The third-order valence-corrected chi connectivity index (χ3v) is 7.14. The number of carbonyl (C=O) groups is 1. The first-order valence-corrected chi connectivity index (χ1v) is 13.6. The topological polar surface area (TPSA) is 97.3 Å². The number of aryl methyl sites for hydroxylation is 2. The first-order chi connectivity index (χ1) is 17.7. The highest BCUT2D eigenvalue weighted by Gasteiger charge is 2.27. The number of rotatable bonds is 12. The Kier molecular flexibility index (Phi) is 9.68. The molecule has 0 bridgehead atoms. The average Bonchev–Trinajstić information content (AvgIpc) is 2.88. The highest BCUT2D eigenvalue weighted by molar-refractivity contribution is 7.92. The molecule has 0 aliphatic rings. The summed E-state index contributed by atoms with van der Waals surface area (Å²) in [5.41, 5.74) is 5.41.